The summed E-state index contributed by atoms with van der Waals surface area (Å²) in [6, 6.07) is 15.6. The smallest absolute Gasteiger partial charge is 0.243 e. The zero-order chi connectivity index (χ0) is 21.1. The maximum atomic E-state index is 13.1. The van der Waals surface area contributed by atoms with E-state index in [1.54, 1.807) is 29.2 Å². The second-order valence-electron chi connectivity index (χ2n) is 7.70. The molecule has 0 saturated carbocycles. The fourth-order valence-corrected chi connectivity index (χ4v) is 5.53. The normalized spacial score (nSPS) is 20.3. The molecule has 0 radical (unpaired) electrons. The number of hydrogen-bond acceptors (Lipinski definition) is 4. The lowest BCUT2D eigenvalue weighted by Gasteiger charge is -2.31. The highest BCUT2D eigenvalue weighted by molar-refractivity contribution is 7.89. The number of carbonyl (C=O) groups excluding carboxylic acids is 2. The zero-order valence-electron chi connectivity index (χ0n) is 16.7. The monoisotopic (exact) mass is 427 g/mol. The minimum atomic E-state index is -3.71. The number of nitrogens with zero attached hydrogens (tertiary/aromatic N) is 2. The molecule has 30 heavy (non-hydrogen) atoms. The molecular formula is C22H25N3O4S. The molecular weight excluding hydrogens is 402 g/mol. The largest absolute Gasteiger partial charge is 0.326 e. The van der Waals surface area contributed by atoms with Gasteiger partial charge in [-0.25, -0.2) is 8.42 Å². The molecule has 2 aromatic rings. The molecule has 0 aromatic heterocycles. The Morgan fingerprint density at radius 1 is 0.967 bits per heavy atom. The number of carbonyl (C=O) groups is 2. The van der Waals surface area contributed by atoms with Crippen molar-refractivity contribution in [3.8, 4) is 0 Å². The summed E-state index contributed by atoms with van der Waals surface area (Å²) in [6.07, 6.45) is 2.63. The average molecular weight is 428 g/mol. The minimum absolute atomic E-state index is 0.0638. The van der Waals surface area contributed by atoms with Crippen molar-refractivity contribution in [2.45, 2.75) is 30.6 Å². The molecule has 158 valence electrons. The quantitative estimate of drug-likeness (QED) is 0.795. The van der Waals surface area contributed by atoms with E-state index in [0.29, 0.717) is 38.0 Å². The molecule has 0 aliphatic carbocycles. The average Bonchev–Trinajstić information content (AvgIpc) is 3.20. The Hall–Kier alpha value is -2.71. The van der Waals surface area contributed by atoms with Gasteiger partial charge in [0.25, 0.3) is 0 Å². The fraction of sp³-hybridized carbons (Fsp3) is 0.364. The molecule has 2 fully saturated rings. The third-order valence-electron chi connectivity index (χ3n) is 5.66. The number of benzene rings is 2. The Morgan fingerprint density at radius 3 is 2.37 bits per heavy atom. The summed E-state index contributed by atoms with van der Waals surface area (Å²) < 4.78 is 27.6. The molecule has 4 rings (SSSR count). The number of amides is 2. The number of piperidine rings is 1. The van der Waals surface area contributed by atoms with Gasteiger partial charge < -0.3 is 10.2 Å². The Bertz CT molecular complexity index is 1020. The van der Waals surface area contributed by atoms with Gasteiger partial charge in [0.15, 0.2) is 0 Å². The van der Waals surface area contributed by atoms with Crippen molar-refractivity contribution in [2.75, 3.05) is 29.9 Å². The van der Waals surface area contributed by atoms with E-state index in [0.717, 1.165) is 12.1 Å². The van der Waals surface area contributed by atoms with Crippen molar-refractivity contribution in [3.63, 3.8) is 0 Å². The van der Waals surface area contributed by atoms with Crippen LogP contribution in [-0.4, -0.2) is 44.2 Å². The molecule has 0 bridgehead atoms. The van der Waals surface area contributed by atoms with Crippen molar-refractivity contribution in [1.29, 1.82) is 0 Å². The van der Waals surface area contributed by atoms with Crippen LogP contribution in [0.3, 0.4) is 0 Å². The van der Waals surface area contributed by atoms with Gasteiger partial charge >= 0.3 is 0 Å². The topological polar surface area (TPSA) is 86.8 Å². The van der Waals surface area contributed by atoms with Crippen LogP contribution in [0.2, 0.25) is 0 Å². The van der Waals surface area contributed by atoms with Crippen molar-refractivity contribution < 1.29 is 18.0 Å². The van der Waals surface area contributed by atoms with Crippen molar-refractivity contribution in [3.05, 3.63) is 54.6 Å². The van der Waals surface area contributed by atoms with E-state index in [4.69, 9.17) is 0 Å². The van der Waals surface area contributed by atoms with Gasteiger partial charge in [0.05, 0.1) is 10.8 Å². The van der Waals surface area contributed by atoms with Crippen molar-refractivity contribution in [1.82, 2.24) is 4.31 Å². The Kier molecular flexibility index (Phi) is 5.87. The van der Waals surface area contributed by atoms with E-state index in [1.165, 1.54) is 4.31 Å². The standard InChI is InChI=1S/C22H25N3O4S/c26-21-9-5-15-25(21)19-10-12-20(13-11-19)30(28,29)24-14-4-6-17(16-24)22(27)23-18-7-2-1-3-8-18/h1-3,7-8,10-13,17H,4-6,9,14-16H2,(H,23,27). The van der Waals surface area contributed by atoms with Crippen LogP contribution in [0.15, 0.2) is 59.5 Å². The third-order valence-corrected chi connectivity index (χ3v) is 7.54. The van der Waals surface area contributed by atoms with Crippen LogP contribution < -0.4 is 10.2 Å². The lowest BCUT2D eigenvalue weighted by molar-refractivity contribution is -0.121. The third kappa shape index (κ3) is 4.24. The maximum absolute atomic E-state index is 13.1. The Balaban J connectivity index is 1.45. The van der Waals surface area contributed by atoms with E-state index in [2.05, 4.69) is 5.32 Å². The fourth-order valence-electron chi connectivity index (χ4n) is 4.01. The Labute approximate surface area is 176 Å². The first kappa shape index (κ1) is 20.6. The maximum Gasteiger partial charge on any atom is 0.243 e. The lowest BCUT2D eigenvalue weighted by Crippen LogP contribution is -2.43. The summed E-state index contributed by atoms with van der Waals surface area (Å²) in [7, 11) is -3.71. The molecule has 1 atom stereocenters. The number of anilines is 2. The van der Waals surface area contributed by atoms with Crippen LogP contribution >= 0.6 is 0 Å². The molecule has 2 aliphatic heterocycles. The molecule has 0 spiro atoms. The van der Waals surface area contributed by atoms with E-state index in [9.17, 15) is 18.0 Å². The molecule has 2 heterocycles. The van der Waals surface area contributed by atoms with Gasteiger partial charge in [-0.2, -0.15) is 4.31 Å². The summed E-state index contributed by atoms with van der Waals surface area (Å²) in [5, 5.41) is 2.87. The predicted molar refractivity (Wildman–Crippen MR) is 115 cm³/mol. The molecule has 8 heteroatoms. The highest BCUT2D eigenvalue weighted by Crippen LogP contribution is 2.27. The highest BCUT2D eigenvalue weighted by atomic mass is 32.2. The first-order chi connectivity index (χ1) is 14.4. The van der Waals surface area contributed by atoms with Gasteiger partial charge in [-0.1, -0.05) is 18.2 Å². The van der Waals surface area contributed by atoms with Gasteiger partial charge in [0, 0.05) is 37.4 Å². The number of para-hydroxylation sites is 1. The van der Waals surface area contributed by atoms with Crippen LogP contribution in [0.1, 0.15) is 25.7 Å². The van der Waals surface area contributed by atoms with Crippen LogP contribution in [-0.2, 0) is 19.6 Å². The number of hydrogen-bond donors (Lipinski definition) is 1. The van der Waals surface area contributed by atoms with Crippen molar-refractivity contribution in [2.24, 2.45) is 5.92 Å². The van der Waals surface area contributed by atoms with Gasteiger partial charge in [-0.3, -0.25) is 9.59 Å². The lowest BCUT2D eigenvalue weighted by atomic mass is 9.99. The summed E-state index contributed by atoms with van der Waals surface area (Å²) >= 11 is 0. The molecule has 1 unspecified atom stereocenters. The van der Waals surface area contributed by atoms with Crippen LogP contribution in [0.25, 0.3) is 0 Å². The summed E-state index contributed by atoms with van der Waals surface area (Å²) in [5.74, 6) is -0.492. The molecule has 2 amide bonds. The van der Waals surface area contributed by atoms with E-state index >= 15 is 0 Å². The van der Waals surface area contributed by atoms with Gasteiger partial charge in [0.2, 0.25) is 21.8 Å². The minimum Gasteiger partial charge on any atom is -0.326 e. The van der Waals surface area contributed by atoms with Crippen LogP contribution in [0, 0.1) is 5.92 Å². The SMILES string of the molecule is O=C(Nc1ccccc1)C1CCCN(S(=O)(=O)c2ccc(N3CCCC3=O)cc2)C1. The first-order valence-electron chi connectivity index (χ1n) is 10.2. The zero-order valence-corrected chi connectivity index (χ0v) is 17.5. The molecule has 2 aliphatic rings. The van der Waals surface area contributed by atoms with E-state index in [1.807, 2.05) is 30.3 Å². The van der Waals surface area contributed by atoms with Gasteiger partial charge in [0.1, 0.15) is 0 Å². The first-order valence-corrected chi connectivity index (χ1v) is 11.7. The van der Waals surface area contributed by atoms with Gasteiger partial charge in [-0.05, 0) is 55.7 Å². The summed E-state index contributed by atoms with van der Waals surface area (Å²) in [5.41, 5.74) is 1.42. The van der Waals surface area contributed by atoms with E-state index < -0.39 is 15.9 Å². The predicted octanol–water partition coefficient (Wildman–Crippen LogP) is 2.85. The van der Waals surface area contributed by atoms with E-state index in [-0.39, 0.29) is 23.3 Å². The molecule has 2 aromatic carbocycles. The number of sulfonamides is 1. The molecule has 7 nitrogen and oxygen atoms in total. The second kappa shape index (κ2) is 8.57. The van der Waals surface area contributed by atoms with Crippen LogP contribution in [0.4, 0.5) is 11.4 Å². The van der Waals surface area contributed by atoms with Crippen molar-refractivity contribution >= 4 is 33.2 Å². The Morgan fingerprint density at radius 2 is 1.70 bits per heavy atom. The van der Waals surface area contributed by atoms with Crippen LogP contribution in [0.5, 0.6) is 0 Å². The number of rotatable bonds is 5. The molecule has 1 N–H and O–H groups in total. The molecule has 2 saturated heterocycles. The number of nitrogens with one attached hydrogen (secondary N) is 1. The highest BCUT2D eigenvalue weighted by Gasteiger charge is 2.33. The summed E-state index contributed by atoms with van der Waals surface area (Å²) in [6.45, 7) is 1.21. The summed E-state index contributed by atoms with van der Waals surface area (Å²) in [4.78, 5) is 26.4. The van der Waals surface area contributed by atoms with Gasteiger partial charge in [-0.15, -0.1) is 0 Å². The second-order valence-corrected chi connectivity index (χ2v) is 9.64.